The number of hydrogen-bond acceptors (Lipinski definition) is 6. The monoisotopic (exact) mass is 389 g/mol. The van der Waals surface area contributed by atoms with Crippen molar-refractivity contribution in [2.75, 3.05) is 14.2 Å². The van der Waals surface area contributed by atoms with Crippen LogP contribution in [-0.4, -0.2) is 47.5 Å². The number of amides is 1. The molecule has 1 amide bonds. The fraction of sp³-hybridized carbons (Fsp3) is 0.450. The molecular formula is C20H27N3O5. The van der Waals surface area contributed by atoms with E-state index in [0.717, 1.165) is 17.0 Å². The van der Waals surface area contributed by atoms with Gasteiger partial charge in [0, 0.05) is 23.9 Å². The number of benzene rings is 1. The topological polar surface area (TPSA) is 91.7 Å². The molecule has 0 unspecified atom stereocenters. The fourth-order valence-corrected chi connectivity index (χ4v) is 2.67. The first-order valence-electron chi connectivity index (χ1n) is 8.91. The molecular weight excluding hydrogens is 362 g/mol. The molecule has 2 rings (SSSR count). The van der Waals surface area contributed by atoms with Crippen LogP contribution >= 0.6 is 0 Å². The second-order valence-electron chi connectivity index (χ2n) is 7.25. The third-order valence-corrected chi connectivity index (χ3v) is 3.92. The quantitative estimate of drug-likeness (QED) is 0.732. The Morgan fingerprint density at radius 1 is 1.21 bits per heavy atom. The molecule has 0 aliphatic rings. The summed E-state index contributed by atoms with van der Waals surface area (Å²) < 4.78 is 17.4. The van der Waals surface area contributed by atoms with Gasteiger partial charge < -0.3 is 24.1 Å². The predicted octanol–water partition coefficient (Wildman–Crippen LogP) is 2.55. The van der Waals surface area contributed by atoms with Crippen molar-refractivity contribution in [2.45, 2.75) is 45.4 Å². The van der Waals surface area contributed by atoms with Gasteiger partial charge in [0.05, 0.1) is 27.1 Å². The summed E-state index contributed by atoms with van der Waals surface area (Å²) in [6.45, 7) is 5.77. The Hall–Kier alpha value is -3.03. The van der Waals surface area contributed by atoms with Crippen LogP contribution < -0.4 is 10.1 Å². The molecule has 1 atom stereocenters. The average molecular weight is 389 g/mol. The van der Waals surface area contributed by atoms with Gasteiger partial charge in [-0.1, -0.05) is 18.2 Å². The molecule has 0 spiro atoms. The van der Waals surface area contributed by atoms with Gasteiger partial charge in [0.2, 0.25) is 0 Å². The van der Waals surface area contributed by atoms with E-state index in [-0.39, 0.29) is 6.42 Å². The molecule has 8 heteroatoms. The Labute approximate surface area is 164 Å². The maximum Gasteiger partial charge on any atom is 0.408 e. The molecule has 1 heterocycles. The third-order valence-electron chi connectivity index (χ3n) is 3.92. The van der Waals surface area contributed by atoms with Crippen LogP contribution in [0.5, 0.6) is 5.75 Å². The van der Waals surface area contributed by atoms with Crippen molar-refractivity contribution in [2.24, 2.45) is 0 Å². The number of hydrogen-bond donors (Lipinski definition) is 1. The second kappa shape index (κ2) is 9.25. The second-order valence-corrected chi connectivity index (χ2v) is 7.25. The van der Waals surface area contributed by atoms with Crippen LogP contribution in [0.3, 0.4) is 0 Å². The normalized spacial score (nSPS) is 12.2. The Balaban J connectivity index is 2.16. The van der Waals surface area contributed by atoms with E-state index in [2.05, 4.69) is 10.3 Å². The molecule has 0 bridgehead atoms. The van der Waals surface area contributed by atoms with Gasteiger partial charge >= 0.3 is 12.1 Å². The number of nitrogens with zero attached hydrogens (tertiary/aromatic N) is 2. The molecule has 1 aromatic carbocycles. The Morgan fingerprint density at radius 3 is 2.57 bits per heavy atom. The number of imidazole rings is 1. The summed E-state index contributed by atoms with van der Waals surface area (Å²) in [5.41, 5.74) is 1.06. The highest BCUT2D eigenvalue weighted by molar-refractivity contribution is 5.81. The molecule has 0 radical (unpaired) electrons. The minimum atomic E-state index is -0.895. The van der Waals surface area contributed by atoms with Crippen LogP contribution in [0.4, 0.5) is 4.79 Å². The van der Waals surface area contributed by atoms with Gasteiger partial charge in [0.25, 0.3) is 0 Å². The summed E-state index contributed by atoms with van der Waals surface area (Å²) in [7, 11) is 2.89. The van der Waals surface area contributed by atoms with Crippen molar-refractivity contribution in [1.82, 2.24) is 14.9 Å². The van der Waals surface area contributed by atoms with Gasteiger partial charge in [-0.2, -0.15) is 0 Å². The standard InChI is InChI=1S/C20H27N3O5/c1-20(2,3)28-19(25)22-16(18(24)27-5)10-15-11-21-13-23(15)12-14-8-6-7-9-17(14)26-4/h6-9,11,13,16H,10,12H2,1-5H3,(H,22,25)/t16-/m0/s1. The van der Waals surface area contributed by atoms with Gasteiger partial charge in [-0.25, -0.2) is 14.6 Å². The van der Waals surface area contributed by atoms with E-state index in [1.165, 1.54) is 7.11 Å². The third kappa shape index (κ3) is 6.00. The van der Waals surface area contributed by atoms with Crippen molar-refractivity contribution in [1.29, 1.82) is 0 Å². The Morgan fingerprint density at radius 2 is 1.93 bits per heavy atom. The first-order chi connectivity index (χ1) is 13.2. The number of alkyl carbamates (subject to hydrolysis) is 1. The van der Waals surface area contributed by atoms with Crippen molar-refractivity contribution < 1.29 is 23.8 Å². The highest BCUT2D eigenvalue weighted by Gasteiger charge is 2.26. The zero-order valence-electron chi connectivity index (χ0n) is 16.9. The number of esters is 1. The lowest BCUT2D eigenvalue weighted by Crippen LogP contribution is -2.45. The molecule has 0 saturated carbocycles. The van der Waals surface area contributed by atoms with Crippen LogP contribution in [0.25, 0.3) is 0 Å². The lowest BCUT2D eigenvalue weighted by molar-refractivity contribution is -0.143. The first kappa shape index (κ1) is 21.3. The fourth-order valence-electron chi connectivity index (χ4n) is 2.67. The molecule has 8 nitrogen and oxygen atoms in total. The molecule has 1 N–H and O–H groups in total. The molecule has 2 aromatic rings. The minimum Gasteiger partial charge on any atom is -0.496 e. The SMILES string of the molecule is COC(=O)[C@H](Cc1cncn1Cc1ccccc1OC)NC(=O)OC(C)(C)C. The summed E-state index contributed by atoms with van der Waals surface area (Å²) in [4.78, 5) is 28.4. The van der Waals surface area contributed by atoms with E-state index < -0.39 is 23.7 Å². The maximum absolute atomic E-state index is 12.2. The predicted molar refractivity (Wildman–Crippen MR) is 103 cm³/mol. The van der Waals surface area contributed by atoms with Crippen molar-refractivity contribution in [3.8, 4) is 5.75 Å². The zero-order chi connectivity index (χ0) is 20.7. The van der Waals surface area contributed by atoms with Crippen molar-refractivity contribution in [3.63, 3.8) is 0 Å². The van der Waals surface area contributed by atoms with Gasteiger partial charge in [-0.05, 0) is 26.8 Å². The van der Waals surface area contributed by atoms with Crippen LogP contribution in [0.1, 0.15) is 32.0 Å². The summed E-state index contributed by atoms with van der Waals surface area (Å²) >= 11 is 0. The van der Waals surface area contributed by atoms with E-state index in [1.807, 2.05) is 28.8 Å². The van der Waals surface area contributed by atoms with E-state index in [0.29, 0.717) is 6.54 Å². The smallest absolute Gasteiger partial charge is 0.408 e. The van der Waals surface area contributed by atoms with Crippen molar-refractivity contribution in [3.05, 3.63) is 48.0 Å². The highest BCUT2D eigenvalue weighted by atomic mass is 16.6. The largest absolute Gasteiger partial charge is 0.496 e. The Kier molecular flexibility index (Phi) is 7.03. The van der Waals surface area contributed by atoms with E-state index in [1.54, 1.807) is 40.4 Å². The molecule has 0 aliphatic heterocycles. The number of rotatable bonds is 7. The number of carbonyl (C=O) groups is 2. The number of carbonyl (C=O) groups excluding carboxylic acids is 2. The van der Waals surface area contributed by atoms with Gasteiger partial charge in [-0.3, -0.25) is 0 Å². The van der Waals surface area contributed by atoms with Crippen molar-refractivity contribution >= 4 is 12.1 Å². The van der Waals surface area contributed by atoms with Gasteiger partial charge in [0.15, 0.2) is 0 Å². The number of aromatic nitrogens is 2. The van der Waals surface area contributed by atoms with Crippen LogP contribution in [0.2, 0.25) is 0 Å². The Bertz CT molecular complexity index is 810. The van der Waals surface area contributed by atoms with Crippen LogP contribution in [0.15, 0.2) is 36.8 Å². The van der Waals surface area contributed by atoms with E-state index in [9.17, 15) is 9.59 Å². The van der Waals surface area contributed by atoms with Gasteiger partial charge in [-0.15, -0.1) is 0 Å². The summed E-state index contributed by atoms with van der Waals surface area (Å²) in [5, 5.41) is 2.57. The number of ether oxygens (including phenoxy) is 3. The lowest BCUT2D eigenvalue weighted by atomic mass is 10.1. The molecule has 152 valence electrons. The first-order valence-corrected chi connectivity index (χ1v) is 8.91. The molecule has 28 heavy (non-hydrogen) atoms. The summed E-state index contributed by atoms with van der Waals surface area (Å²) in [5.74, 6) is 0.203. The minimum absolute atomic E-state index is 0.209. The molecule has 0 saturated heterocycles. The van der Waals surface area contributed by atoms with Crippen LogP contribution in [-0.2, 0) is 27.2 Å². The van der Waals surface area contributed by atoms with Crippen LogP contribution in [0, 0.1) is 0 Å². The summed E-state index contributed by atoms with van der Waals surface area (Å²) in [6, 6.07) is 6.77. The average Bonchev–Trinajstić information content (AvgIpc) is 3.06. The molecule has 0 fully saturated rings. The summed E-state index contributed by atoms with van der Waals surface area (Å²) in [6.07, 6.45) is 2.85. The number of para-hydroxylation sites is 1. The zero-order valence-corrected chi connectivity index (χ0v) is 16.9. The lowest BCUT2D eigenvalue weighted by Gasteiger charge is -2.23. The van der Waals surface area contributed by atoms with E-state index in [4.69, 9.17) is 14.2 Å². The maximum atomic E-state index is 12.2. The number of nitrogens with one attached hydrogen (secondary N) is 1. The molecule has 1 aromatic heterocycles. The highest BCUT2D eigenvalue weighted by Crippen LogP contribution is 2.19. The molecule has 0 aliphatic carbocycles. The number of methoxy groups -OCH3 is 2. The van der Waals surface area contributed by atoms with Gasteiger partial charge in [0.1, 0.15) is 17.4 Å². The van der Waals surface area contributed by atoms with E-state index >= 15 is 0 Å².